The molecule has 0 unspecified atom stereocenters. The normalized spacial score (nSPS) is 31.4. The molecule has 27 heavy (non-hydrogen) atoms. The van der Waals surface area contributed by atoms with Crippen LogP contribution in [0.1, 0.15) is 38.5 Å². The van der Waals surface area contributed by atoms with Gasteiger partial charge < -0.3 is 5.32 Å². The SMILES string of the molecule is O=C(Cn1cnc2c(Cl)cc(Cl)cc2c1=O)NC12CC3CC(CC(C3)C1)C2. The minimum atomic E-state index is -0.301. The molecule has 0 aliphatic heterocycles. The van der Waals surface area contributed by atoms with Gasteiger partial charge in [0.05, 0.1) is 22.3 Å². The van der Waals surface area contributed by atoms with Crippen LogP contribution in [0.5, 0.6) is 0 Å². The van der Waals surface area contributed by atoms with Crippen LogP contribution in [-0.2, 0) is 11.3 Å². The van der Waals surface area contributed by atoms with E-state index in [1.807, 2.05) is 0 Å². The molecule has 7 heteroatoms. The van der Waals surface area contributed by atoms with Crippen LogP contribution in [0.15, 0.2) is 23.3 Å². The maximum Gasteiger partial charge on any atom is 0.261 e. The minimum absolute atomic E-state index is 0.0341. The molecule has 1 heterocycles. The molecular weight excluding hydrogens is 385 g/mol. The lowest BCUT2D eigenvalue weighted by atomic mass is 9.53. The zero-order chi connectivity index (χ0) is 18.8. The van der Waals surface area contributed by atoms with Crippen LogP contribution in [0.4, 0.5) is 0 Å². The van der Waals surface area contributed by atoms with Crippen LogP contribution in [0, 0.1) is 17.8 Å². The first-order valence-corrected chi connectivity index (χ1v) is 10.3. The molecule has 1 aromatic carbocycles. The highest BCUT2D eigenvalue weighted by Gasteiger charge is 2.51. The van der Waals surface area contributed by atoms with Crippen molar-refractivity contribution in [1.82, 2.24) is 14.9 Å². The largest absolute Gasteiger partial charge is 0.349 e. The summed E-state index contributed by atoms with van der Waals surface area (Å²) >= 11 is 12.1. The van der Waals surface area contributed by atoms with E-state index in [1.54, 1.807) is 12.1 Å². The zero-order valence-corrected chi connectivity index (χ0v) is 16.4. The number of hydrogen-bond donors (Lipinski definition) is 1. The van der Waals surface area contributed by atoms with Gasteiger partial charge in [0, 0.05) is 10.6 Å². The second-order valence-corrected chi connectivity index (χ2v) is 9.55. The Labute approximate surface area is 167 Å². The second-order valence-electron chi connectivity index (χ2n) is 8.71. The van der Waals surface area contributed by atoms with Gasteiger partial charge in [0.15, 0.2) is 0 Å². The topological polar surface area (TPSA) is 64.0 Å². The predicted molar refractivity (Wildman–Crippen MR) is 105 cm³/mol. The number of nitrogens with zero attached hydrogens (tertiary/aromatic N) is 2. The van der Waals surface area contributed by atoms with Crippen LogP contribution in [0.3, 0.4) is 0 Å². The van der Waals surface area contributed by atoms with E-state index in [1.165, 1.54) is 30.2 Å². The average molecular weight is 406 g/mol. The van der Waals surface area contributed by atoms with E-state index in [-0.39, 0.29) is 23.6 Å². The summed E-state index contributed by atoms with van der Waals surface area (Å²) in [7, 11) is 0. The molecule has 5 nitrogen and oxygen atoms in total. The molecule has 0 spiro atoms. The molecule has 1 aromatic heterocycles. The van der Waals surface area contributed by atoms with Gasteiger partial charge in [-0.25, -0.2) is 4.98 Å². The fraction of sp³-hybridized carbons (Fsp3) is 0.550. The third-order valence-electron chi connectivity index (χ3n) is 6.60. The van der Waals surface area contributed by atoms with Gasteiger partial charge in [0.25, 0.3) is 5.56 Å². The molecule has 4 fully saturated rings. The predicted octanol–water partition coefficient (Wildman–Crippen LogP) is 3.79. The van der Waals surface area contributed by atoms with Crippen LogP contribution < -0.4 is 10.9 Å². The molecule has 6 rings (SSSR count). The Hall–Kier alpha value is -1.59. The monoisotopic (exact) mass is 405 g/mol. The van der Waals surface area contributed by atoms with E-state index in [0.717, 1.165) is 37.0 Å². The number of fused-ring (bicyclic) bond motifs is 1. The first kappa shape index (κ1) is 17.5. The molecule has 4 aliphatic rings. The number of benzene rings is 1. The van der Waals surface area contributed by atoms with Crippen molar-refractivity contribution in [3.05, 3.63) is 38.9 Å². The van der Waals surface area contributed by atoms with Crippen LogP contribution in [0.25, 0.3) is 10.9 Å². The second kappa shape index (κ2) is 6.21. The number of carbonyl (C=O) groups excluding carboxylic acids is 1. The highest BCUT2D eigenvalue weighted by atomic mass is 35.5. The highest BCUT2D eigenvalue weighted by molar-refractivity contribution is 6.38. The van der Waals surface area contributed by atoms with Crippen molar-refractivity contribution in [3.63, 3.8) is 0 Å². The van der Waals surface area contributed by atoms with Crippen molar-refractivity contribution < 1.29 is 4.79 Å². The maximum atomic E-state index is 12.8. The molecular formula is C20H21Cl2N3O2. The smallest absolute Gasteiger partial charge is 0.261 e. The van der Waals surface area contributed by atoms with Crippen LogP contribution in [0.2, 0.25) is 10.0 Å². The molecule has 2 aromatic rings. The van der Waals surface area contributed by atoms with Crippen molar-refractivity contribution in [3.8, 4) is 0 Å². The molecule has 0 atom stereocenters. The molecule has 0 saturated heterocycles. The van der Waals surface area contributed by atoms with Gasteiger partial charge in [-0.15, -0.1) is 0 Å². The standard InChI is InChI=1S/C20H21Cl2N3O2/c21-14-4-15-18(16(22)5-14)23-10-25(19(15)27)9-17(26)24-20-6-11-1-12(7-20)3-13(2-11)8-20/h4-5,10-13H,1-3,6-9H2,(H,24,26). The van der Waals surface area contributed by atoms with E-state index >= 15 is 0 Å². The van der Waals surface area contributed by atoms with E-state index in [2.05, 4.69) is 10.3 Å². The number of rotatable bonds is 3. The Kier molecular flexibility index (Phi) is 4.03. The van der Waals surface area contributed by atoms with Gasteiger partial charge in [-0.1, -0.05) is 23.2 Å². The van der Waals surface area contributed by atoms with Gasteiger partial charge in [0.2, 0.25) is 5.91 Å². The van der Waals surface area contributed by atoms with E-state index in [9.17, 15) is 9.59 Å². The summed E-state index contributed by atoms with van der Waals surface area (Å²) in [5.74, 6) is 2.15. The molecule has 4 bridgehead atoms. The van der Waals surface area contributed by atoms with Crippen LogP contribution in [-0.4, -0.2) is 21.0 Å². The lowest BCUT2D eigenvalue weighted by Gasteiger charge is -2.56. The van der Waals surface area contributed by atoms with Crippen molar-refractivity contribution >= 4 is 40.0 Å². The van der Waals surface area contributed by atoms with Crippen molar-refractivity contribution in [2.24, 2.45) is 17.8 Å². The summed E-state index contributed by atoms with van der Waals surface area (Å²) in [5, 5.41) is 4.33. The fourth-order valence-electron chi connectivity index (χ4n) is 6.06. The quantitative estimate of drug-likeness (QED) is 0.844. The Bertz CT molecular complexity index is 965. The molecule has 1 N–H and O–H groups in total. The molecule has 1 amide bonds. The van der Waals surface area contributed by atoms with Gasteiger partial charge in [-0.05, 0) is 68.4 Å². The summed E-state index contributed by atoms with van der Waals surface area (Å²) in [5.41, 5.74) is 0.0423. The average Bonchev–Trinajstić information content (AvgIpc) is 2.56. The fourth-order valence-corrected chi connectivity index (χ4v) is 6.60. The van der Waals surface area contributed by atoms with E-state index in [0.29, 0.717) is 20.9 Å². The number of nitrogens with one attached hydrogen (secondary N) is 1. The lowest BCUT2D eigenvalue weighted by molar-refractivity contribution is -0.127. The highest BCUT2D eigenvalue weighted by Crippen LogP contribution is 2.55. The summed E-state index contributed by atoms with van der Waals surface area (Å²) in [6.07, 6.45) is 8.62. The molecule has 0 radical (unpaired) electrons. The van der Waals surface area contributed by atoms with Gasteiger partial charge in [-0.3, -0.25) is 14.2 Å². The van der Waals surface area contributed by atoms with E-state index < -0.39 is 0 Å². The Morgan fingerprint density at radius 2 is 1.78 bits per heavy atom. The molecule has 142 valence electrons. The minimum Gasteiger partial charge on any atom is -0.349 e. The third kappa shape index (κ3) is 3.05. The van der Waals surface area contributed by atoms with Gasteiger partial charge in [0.1, 0.15) is 6.54 Å². The number of aromatic nitrogens is 2. The Morgan fingerprint density at radius 1 is 1.15 bits per heavy atom. The summed E-state index contributed by atoms with van der Waals surface area (Å²) in [4.78, 5) is 29.8. The number of amides is 1. The Balaban J connectivity index is 1.39. The number of hydrogen-bond acceptors (Lipinski definition) is 3. The lowest BCUT2D eigenvalue weighted by Crippen LogP contribution is -2.60. The Morgan fingerprint density at radius 3 is 2.41 bits per heavy atom. The van der Waals surface area contributed by atoms with E-state index in [4.69, 9.17) is 23.2 Å². The van der Waals surface area contributed by atoms with Crippen molar-refractivity contribution in [1.29, 1.82) is 0 Å². The van der Waals surface area contributed by atoms with Crippen molar-refractivity contribution in [2.45, 2.75) is 50.6 Å². The number of halogens is 2. The van der Waals surface area contributed by atoms with Crippen LogP contribution >= 0.6 is 23.2 Å². The summed E-state index contributed by atoms with van der Waals surface area (Å²) in [6, 6.07) is 3.10. The first-order chi connectivity index (χ1) is 12.9. The van der Waals surface area contributed by atoms with Gasteiger partial charge in [-0.2, -0.15) is 0 Å². The summed E-state index contributed by atoms with van der Waals surface area (Å²) < 4.78 is 1.34. The molecule has 4 aliphatic carbocycles. The van der Waals surface area contributed by atoms with Gasteiger partial charge >= 0.3 is 0 Å². The number of carbonyl (C=O) groups is 1. The zero-order valence-electron chi connectivity index (χ0n) is 14.9. The first-order valence-electron chi connectivity index (χ1n) is 9.56. The molecule has 4 saturated carbocycles. The van der Waals surface area contributed by atoms with Crippen molar-refractivity contribution in [2.75, 3.05) is 0 Å². The summed E-state index contributed by atoms with van der Waals surface area (Å²) in [6.45, 7) is -0.0341. The third-order valence-corrected chi connectivity index (χ3v) is 7.11. The maximum absolute atomic E-state index is 12.8.